The Morgan fingerprint density at radius 1 is 1.39 bits per heavy atom. The smallest absolute Gasteiger partial charge is 0.345 e. The lowest BCUT2D eigenvalue weighted by atomic mass is 9.94. The van der Waals surface area contributed by atoms with Crippen LogP contribution in [0.15, 0.2) is 4.79 Å². The Hall–Kier alpha value is -1.65. The third-order valence-corrected chi connectivity index (χ3v) is 3.51. The Kier molecular flexibility index (Phi) is 3.50. The Morgan fingerprint density at radius 3 is 2.50 bits per heavy atom. The van der Waals surface area contributed by atoms with E-state index in [2.05, 4.69) is 9.97 Å². The maximum absolute atomic E-state index is 11.6. The number of aromatic amines is 1. The van der Waals surface area contributed by atoms with Crippen molar-refractivity contribution in [2.45, 2.75) is 51.4 Å². The van der Waals surface area contributed by atoms with Crippen molar-refractivity contribution < 1.29 is 9.90 Å². The van der Waals surface area contributed by atoms with E-state index in [1.165, 1.54) is 0 Å². The van der Waals surface area contributed by atoms with Crippen LogP contribution in [-0.2, 0) is 0 Å². The third-order valence-electron chi connectivity index (χ3n) is 3.51. The zero-order valence-electron chi connectivity index (χ0n) is 10.7. The average molecular weight is 250 g/mol. The number of hydrogen-bond donors (Lipinski definition) is 2. The first-order chi connectivity index (χ1) is 8.50. The molecule has 0 atom stereocenters. The lowest BCUT2D eigenvalue weighted by Gasteiger charge is -2.16. The minimum Gasteiger partial charge on any atom is -0.478 e. The molecular weight excluding hydrogens is 232 g/mol. The molecule has 5 heteroatoms. The van der Waals surface area contributed by atoms with Gasteiger partial charge in [-0.3, -0.25) is 0 Å². The van der Waals surface area contributed by atoms with Crippen LogP contribution in [0.1, 0.15) is 73.1 Å². The van der Waals surface area contributed by atoms with Gasteiger partial charge in [0.05, 0.1) is 5.69 Å². The predicted molar refractivity (Wildman–Crippen MR) is 67.1 cm³/mol. The quantitative estimate of drug-likeness (QED) is 0.861. The number of nitrogens with one attached hydrogen (secondary N) is 1. The summed E-state index contributed by atoms with van der Waals surface area (Å²) < 4.78 is 0. The summed E-state index contributed by atoms with van der Waals surface area (Å²) in [4.78, 5) is 29.5. The highest BCUT2D eigenvalue weighted by atomic mass is 16.4. The van der Waals surface area contributed by atoms with E-state index in [-0.39, 0.29) is 17.4 Å². The van der Waals surface area contributed by atoms with Gasteiger partial charge in [0.1, 0.15) is 5.56 Å². The van der Waals surface area contributed by atoms with E-state index >= 15 is 0 Å². The topological polar surface area (TPSA) is 83.0 Å². The first-order valence-corrected chi connectivity index (χ1v) is 6.38. The molecule has 1 fully saturated rings. The molecule has 1 aromatic rings. The molecule has 0 spiro atoms. The highest BCUT2D eigenvalue weighted by molar-refractivity contribution is 5.90. The van der Waals surface area contributed by atoms with Crippen molar-refractivity contribution in [3.05, 3.63) is 27.4 Å². The van der Waals surface area contributed by atoms with Crippen LogP contribution < -0.4 is 5.69 Å². The van der Waals surface area contributed by atoms with Gasteiger partial charge in [0.25, 0.3) is 0 Å². The van der Waals surface area contributed by atoms with Crippen LogP contribution in [0.4, 0.5) is 0 Å². The van der Waals surface area contributed by atoms with E-state index in [0.717, 1.165) is 25.7 Å². The van der Waals surface area contributed by atoms with Gasteiger partial charge in [-0.1, -0.05) is 26.7 Å². The normalized spacial score (nSPS) is 16.4. The molecule has 0 radical (unpaired) electrons. The summed E-state index contributed by atoms with van der Waals surface area (Å²) >= 11 is 0. The number of aromatic carboxylic acids is 1. The van der Waals surface area contributed by atoms with E-state index in [4.69, 9.17) is 0 Å². The van der Waals surface area contributed by atoms with Crippen molar-refractivity contribution in [1.29, 1.82) is 0 Å². The van der Waals surface area contributed by atoms with Crippen molar-refractivity contribution >= 4 is 5.97 Å². The largest absolute Gasteiger partial charge is 0.478 e. The molecule has 2 N–H and O–H groups in total. The fourth-order valence-electron chi connectivity index (χ4n) is 2.67. The summed E-state index contributed by atoms with van der Waals surface area (Å²) in [5, 5.41) is 9.38. The van der Waals surface area contributed by atoms with Crippen LogP contribution >= 0.6 is 0 Å². The van der Waals surface area contributed by atoms with Crippen LogP contribution in [0.3, 0.4) is 0 Å². The lowest BCUT2D eigenvalue weighted by Crippen LogP contribution is -2.23. The molecule has 0 amide bonds. The minimum atomic E-state index is -0.996. The summed E-state index contributed by atoms with van der Waals surface area (Å²) in [5.41, 5.74) is 0.735. The second-order valence-corrected chi connectivity index (χ2v) is 5.16. The summed E-state index contributed by atoms with van der Waals surface area (Å²) in [6, 6.07) is 0. The second kappa shape index (κ2) is 4.92. The molecule has 18 heavy (non-hydrogen) atoms. The van der Waals surface area contributed by atoms with Crippen LogP contribution in [0, 0.1) is 0 Å². The molecular formula is C13H18N2O3. The van der Waals surface area contributed by atoms with Gasteiger partial charge in [-0.05, 0) is 18.8 Å². The van der Waals surface area contributed by atoms with Crippen LogP contribution in [0.25, 0.3) is 0 Å². The second-order valence-electron chi connectivity index (χ2n) is 5.16. The maximum atomic E-state index is 11.6. The molecule has 1 aliphatic rings. The van der Waals surface area contributed by atoms with Crippen molar-refractivity contribution in [1.82, 2.24) is 9.97 Å². The summed E-state index contributed by atoms with van der Waals surface area (Å²) in [6.07, 6.45) is 4.06. The van der Waals surface area contributed by atoms with E-state index in [9.17, 15) is 14.7 Å². The summed E-state index contributed by atoms with van der Waals surface area (Å²) in [7, 11) is 0. The predicted octanol–water partition coefficient (Wildman–Crippen LogP) is 2.25. The number of hydrogen-bond acceptors (Lipinski definition) is 3. The first-order valence-electron chi connectivity index (χ1n) is 6.38. The van der Waals surface area contributed by atoms with Gasteiger partial charge in [0.2, 0.25) is 0 Å². The number of aromatic nitrogens is 2. The monoisotopic (exact) mass is 250 g/mol. The number of nitrogens with zero attached hydrogens (tertiary/aromatic N) is 1. The van der Waals surface area contributed by atoms with Crippen molar-refractivity contribution in [3.8, 4) is 0 Å². The third kappa shape index (κ3) is 2.30. The molecule has 5 nitrogen and oxygen atoms in total. The molecule has 0 aromatic carbocycles. The molecule has 1 aromatic heterocycles. The highest BCUT2D eigenvalue weighted by Crippen LogP contribution is 2.35. The van der Waals surface area contributed by atoms with E-state index in [1.807, 2.05) is 13.8 Å². The minimum absolute atomic E-state index is 0.0708. The Balaban J connectivity index is 2.62. The molecule has 2 rings (SSSR count). The number of rotatable bonds is 3. The van der Waals surface area contributed by atoms with Gasteiger partial charge < -0.3 is 10.1 Å². The van der Waals surface area contributed by atoms with Crippen LogP contribution in [0.5, 0.6) is 0 Å². The van der Waals surface area contributed by atoms with Crippen molar-refractivity contribution in [3.63, 3.8) is 0 Å². The molecule has 98 valence electrons. The van der Waals surface area contributed by atoms with Crippen molar-refractivity contribution in [2.24, 2.45) is 0 Å². The Morgan fingerprint density at radius 2 is 2.00 bits per heavy atom. The standard InChI is InChI=1S/C13H18N2O3/c1-7(2)10-9(12(16)17)11(15-13(18)14-10)8-5-3-4-6-8/h7-8H,3-6H2,1-2H3,(H,16,17)(H,14,15,18). The lowest BCUT2D eigenvalue weighted by molar-refractivity contribution is 0.0692. The van der Waals surface area contributed by atoms with E-state index < -0.39 is 11.7 Å². The SMILES string of the molecule is CC(C)c1nc(=O)[nH]c(C2CCCC2)c1C(=O)O. The van der Waals surface area contributed by atoms with Gasteiger partial charge in [-0.2, -0.15) is 4.98 Å². The number of H-pyrrole nitrogens is 1. The fourth-order valence-corrected chi connectivity index (χ4v) is 2.67. The van der Waals surface area contributed by atoms with Crippen LogP contribution in [0.2, 0.25) is 0 Å². The number of carbonyl (C=O) groups is 1. The van der Waals surface area contributed by atoms with E-state index in [0.29, 0.717) is 11.4 Å². The van der Waals surface area contributed by atoms with E-state index in [1.54, 1.807) is 0 Å². The average Bonchev–Trinajstić information content (AvgIpc) is 2.80. The molecule has 0 bridgehead atoms. The summed E-state index contributed by atoms with van der Waals surface area (Å²) in [6.45, 7) is 3.71. The zero-order valence-corrected chi connectivity index (χ0v) is 10.7. The molecule has 0 aliphatic heterocycles. The van der Waals surface area contributed by atoms with Gasteiger partial charge in [-0.15, -0.1) is 0 Å². The fraction of sp³-hybridized carbons (Fsp3) is 0.615. The van der Waals surface area contributed by atoms with Gasteiger partial charge in [-0.25, -0.2) is 9.59 Å². The molecule has 1 aliphatic carbocycles. The van der Waals surface area contributed by atoms with Gasteiger partial charge in [0, 0.05) is 11.6 Å². The molecule has 0 saturated heterocycles. The maximum Gasteiger partial charge on any atom is 0.345 e. The summed E-state index contributed by atoms with van der Waals surface area (Å²) in [5.74, 6) is -0.910. The molecule has 1 heterocycles. The first kappa shape index (κ1) is 12.8. The van der Waals surface area contributed by atoms with Gasteiger partial charge in [0.15, 0.2) is 0 Å². The number of carboxylic acid groups (broad SMARTS) is 1. The van der Waals surface area contributed by atoms with Gasteiger partial charge >= 0.3 is 11.7 Å². The van der Waals surface area contributed by atoms with Crippen molar-refractivity contribution in [2.75, 3.05) is 0 Å². The molecule has 1 saturated carbocycles. The highest BCUT2D eigenvalue weighted by Gasteiger charge is 2.27. The Labute approximate surface area is 105 Å². The Bertz CT molecular complexity index is 513. The zero-order chi connectivity index (χ0) is 13.3. The van der Waals surface area contributed by atoms with Crippen LogP contribution in [-0.4, -0.2) is 21.0 Å². The molecule has 0 unspecified atom stereocenters. The number of carboxylic acids is 1.